The van der Waals surface area contributed by atoms with Gasteiger partial charge in [0.2, 0.25) is 5.91 Å². The highest BCUT2D eigenvalue weighted by molar-refractivity contribution is 6.03. The number of hydrogen-bond donors (Lipinski definition) is 1. The summed E-state index contributed by atoms with van der Waals surface area (Å²) in [7, 11) is 0. The van der Waals surface area contributed by atoms with E-state index in [9.17, 15) is 19.7 Å². The van der Waals surface area contributed by atoms with Crippen molar-refractivity contribution in [2.45, 2.75) is 19.9 Å². The number of benzene rings is 1. The van der Waals surface area contributed by atoms with Crippen molar-refractivity contribution in [3.8, 4) is 0 Å². The van der Waals surface area contributed by atoms with Crippen LogP contribution in [0.4, 0.5) is 11.4 Å². The van der Waals surface area contributed by atoms with Gasteiger partial charge in [-0.15, -0.1) is 0 Å². The summed E-state index contributed by atoms with van der Waals surface area (Å²) in [5, 5.41) is 17.0. The number of nitrogens with one attached hydrogen (secondary N) is 1. The van der Waals surface area contributed by atoms with Gasteiger partial charge in [0.1, 0.15) is 12.4 Å². The van der Waals surface area contributed by atoms with E-state index in [0.717, 1.165) is 6.20 Å². The zero-order valence-electron chi connectivity index (χ0n) is 11.9. The Balaban J connectivity index is 1.96. The first-order chi connectivity index (χ1) is 10.5. The molecule has 0 saturated heterocycles. The molecule has 0 aliphatic heterocycles. The van der Waals surface area contributed by atoms with Crippen LogP contribution in [-0.2, 0) is 11.3 Å². The summed E-state index contributed by atoms with van der Waals surface area (Å²) in [6.45, 7) is 1.63. The predicted octanol–water partition coefficient (Wildman–Crippen LogP) is 2.02. The Labute approximate surface area is 125 Å². The lowest BCUT2D eigenvalue weighted by Crippen LogP contribution is -2.16. The van der Waals surface area contributed by atoms with Gasteiger partial charge < -0.3 is 5.32 Å². The second kappa shape index (κ2) is 6.61. The number of rotatable bonds is 6. The lowest BCUT2D eigenvalue weighted by atomic mass is 10.1. The first-order valence-electron chi connectivity index (χ1n) is 6.54. The second-order valence-corrected chi connectivity index (χ2v) is 4.62. The molecule has 8 heteroatoms. The molecule has 1 aromatic heterocycles. The highest BCUT2D eigenvalue weighted by Crippen LogP contribution is 2.16. The molecule has 0 spiro atoms. The molecule has 2 rings (SSSR count). The zero-order chi connectivity index (χ0) is 16.1. The number of carbonyl (C=O) groups excluding carboxylic acids is 2. The van der Waals surface area contributed by atoms with Gasteiger partial charge in [0.25, 0.3) is 0 Å². The van der Waals surface area contributed by atoms with E-state index in [0.29, 0.717) is 11.3 Å². The summed E-state index contributed by atoms with van der Waals surface area (Å²) in [5.74, 6) is -0.439. The van der Waals surface area contributed by atoms with Gasteiger partial charge >= 0.3 is 5.69 Å². The maximum absolute atomic E-state index is 11.9. The largest absolute Gasteiger partial charge is 0.325 e. The van der Waals surface area contributed by atoms with E-state index in [4.69, 9.17) is 0 Å². The maximum Gasteiger partial charge on any atom is 0.306 e. The Morgan fingerprint density at radius 1 is 1.36 bits per heavy atom. The summed E-state index contributed by atoms with van der Waals surface area (Å²) in [6.07, 6.45) is 2.48. The van der Waals surface area contributed by atoms with Crippen LogP contribution in [0.5, 0.6) is 0 Å². The van der Waals surface area contributed by atoms with Gasteiger partial charge in [-0.25, -0.2) is 0 Å². The standard InChI is InChI=1S/C14H14N4O4/c1-10(19)12-4-2-3-5-13(12)16-14(20)6-7-17-9-11(8-15-17)18(21)22/h2-5,8-9H,6-7H2,1H3,(H,16,20). The number of carbonyl (C=O) groups is 2. The topological polar surface area (TPSA) is 107 Å². The number of hydrogen-bond acceptors (Lipinski definition) is 5. The van der Waals surface area contributed by atoms with Crippen molar-refractivity contribution in [1.82, 2.24) is 9.78 Å². The molecule has 1 heterocycles. The Kier molecular flexibility index (Phi) is 4.62. The van der Waals surface area contributed by atoms with E-state index >= 15 is 0 Å². The molecule has 0 radical (unpaired) electrons. The van der Waals surface area contributed by atoms with E-state index in [2.05, 4.69) is 10.4 Å². The van der Waals surface area contributed by atoms with E-state index in [1.54, 1.807) is 24.3 Å². The SMILES string of the molecule is CC(=O)c1ccccc1NC(=O)CCn1cc([N+](=O)[O-])cn1. The molecule has 1 N–H and O–H groups in total. The van der Waals surface area contributed by atoms with Crippen molar-refractivity contribution in [2.75, 3.05) is 5.32 Å². The summed E-state index contributed by atoms with van der Waals surface area (Å²) in [4.78, 5) is 33.4. The van der Waals surface area contributed by atoms with Gasteiger partial charge in [-0.05, 0) is 19.1 Å². The fourth-order valence-corrected chi connectivity index (χ4v) is 1.90. The quantitative estimate of drug-likeness (QED) is 0.499. The van der Waals surface area contributed by atoms with Crippen LogP contribution in [0.2, 0.25) is 0 Å². The van der Waals surface area contributed by atoms with Crippen molar-refractivity contribution < 1.29 is 14.5 Å². The van der Waals surface area contributed by atoms with Gasteiger partial charge in [0.05, 0.1) is 10.6 Å². The smallest absolute Gasteiger partial charge is 0.306 e. The van der Waals surface area contributed by atoms with Gasteiger partial charge in [-0.2, -0.15) is 5.10 Å². The first kappa shape index (κ1) is 15.4. The molecule has 0 bridgehead atoms. The number of amides is 1. The average Bonchev–Trinajstić information content (AvgIpc) is 2.94. The number of para-hydroxylation sites is 1. The Hall–Kier alpha value is -3.03. The maximum atomic E-state index is 11.9. The molecule has 2 aromatic rings. The average molecular weight is 302 g/mol. The minimum atomic E-state index is -0.549. The minimum absolute atomic E-state index is 0.0884. The minimum Gasteiger partial charge on any atom is -0.325 e. The van der Waals surface area contributed by atoms with Crippen LogP contribution in [0, 0.1) is 10.1 Å². The zero-order valence-corrected chi connectivity index (χ0v) is 11.9. The second-order valence-electron chi connectivity index (χ2n) is 4.62. The Morgan fingerprint density at radius 3 is 2.73 bits per heavy atom. The number of anilines is 1. The van der Waals surface area contributed by atoms with Crippen LogP contribution in [0.1, 0.15) is 23.7 Å². The third-order valence-corrected chi connectivity index (χ3v) is 2.98. The summed E-state index contributed by atoms with van der Waals surface area (Å²) in [6, 6.07) is 6.72. The van der Waals surface area contributed by atoms with Crippen molar-refractivity contribution in [3.63, 3.8) is 0 Å². The predicted molar refractivity (Wildman–Crippen MR) is 78.6 cm³/mol. The van der Waals surface area contributed by atoms with Crippen LogP contribution in [-0.4, -0.2) is 26.4 Å². The molecule has 114 valence electrons. The van der Waals surface area contributed by atoms with Crippen molar-refractivity contribution in [2.24, 2.45) is 0 Å². The molecule has 0 saturated carbocycles. The number of aryl methyl sites for hydroxylation is 1. The van der Waals surface area contributed by atoms with Crippen LogP contribution >= 0.6 is 0 Å². The summed E-state index contributed by atoms with van der Waals surface area (Å²) < 4.78 is 1.33. The van der Waals surface area contributed by atoms with Crippen LogP contribution < -0.4 is 5.32 Å². The monoisotopic (exact) mass is 302 g/mol. The van der Waals surface area contributed by atoms with E-state index in [1.165, 1.54) is 17.8 Å². The number of ketones is 1. The van der Waals surface area contributed by atoms with E-state index in [1.807, 2.05) is 0 Å². The van der Waals surface area contributed by atoms with E-state index < -0.39 is 4.92 Å². The lowest BCUT2D eigenvalue weighted by Gasteiger charge is -2.08. The first-order valence-corrected chi connectivity index (χ1v) is 6.54. The molecule has 0 atom stereocenters. The molecule has 0 unspecified atom stereocenters. The lowest BCUT2D eigenvalue weighted by molar-refractivity contribution is -0.385. The molecule has 8 nitrogen and oxygen atoms in total. The number of aromatic nitrogens is 2. The summed E-state index contributed by atoms with van der Waals surface area (Å²) in [5.41, 5.74) is 0.763. The van der Waals surface area contributed by atoms with Crippen LogP contribution in [0.3, 0.4) is 0 Å². The molecular formula is C14H14N4O4. The van der Waals surface area contributed by atoms with E-state index in [-0.39, 0.29) is 30.3 Å². The third-order valence-electron chi connectivity index (χ3n) is 2.98. The molecule has 22 heavy (non-hydrogen) atoms. The fourth-order valence-electron chi connectivity index (χ4n) is 1.90. The van der Waals surface area contributed by atoms with Crippen molar-refractivity contribution in [3.05, 3.63) is 52.3 Å². The van der Waals surface area contributed by atoms with Crippen LogP contribution in [0.15, 0.2) is 36.7 Å². The highest BCUT2D eigenvalue weighted by Gasteiger charge is 2.12. The third kappa shape index (κ3) is 3.75. The molecule has 0 aliphatic carbocycles. The Bertz CT molecular complexity index is 723. The normalized spacial score (nSPS) is 10.2. The number of nitro groups is 1. The van der Waals surface area contributed by atoms with Gasteiger partial charge in [0, 0.05) is 18.5 Å². The number of Topliss-reactive ketones (excluding diaryl/α,β-unsaturated/α-hetero) is 1. The van der Waals surface area contributed by atoms with Gasteiger partial charge in [-0.3, -0.25) is 24.4 Å². The Morgan fingerprint density at radius 2 is 2.09 bits per heavy atom. The van der Waals surface area contributed by atoms with Crippen LogP contribution in [0.25, 0.3) is 0 Å². The molecule has 0 fully saturated rings. The van der Waals surface area contributed by atoms with Gasteiger partial charge in [-0.1, -0.05) is 12.1 Å². The fraction of sp³-hybridized carbons (Fsp3) is 0.214. The molecule has 0 aliphatic rings. The van der Waals surface area contributed by atoms with Gasteiger partial charge in [0.15, 0.2) is 5.78 Å². The number of nitrogens with zero attached hydrogens (tertiary/aromatic N) is 3. The van der Waals surface area contributed by atoms with Crippen molar-refractivity contribution in [1.29, 1.82) is 0 Å². The molecule has 1 amide bonds. The highest BCUT2D eigenvalue weighted by atomic mass is 16.6. The molecular weight excluding hydrogens is 288 g/mol. The summed E-state index contributed by atoms with van der Waals surface area (Å²) >= 11 is 0. The van der Waals surface area contributed by atoms with Crippen molar-refractivity contribution >= 4 is 23.1 Å². The molecule has 1 aromatic carbocycles.